The van der Waals surface area contributed by atoms with Crippen molar-refractivity contribution < 1.29 is 9.47 Å². The molecule has 0 spiro atoms. The van der Waals surface area contributed by atoms with Gasteiger partial charge < -0.3 is 14.8 Å². The molecular formula is C15H22ClNO2. The van der Waals surface area contributed by atoms with E-state index in [2.05, 4.69) is 5.32 Å². The van der Waals surface area contributed by atoms with E-state index in [-0.39, 0.29) is 0 Å². The number of nitrogens with one attached hydrogen (secondary N) is 1. The molecule has 0 amide bonds. The molecule has 1 aliphatic heterocycles. The number of ether oxygens (including phenoxy) is 2. The molecule has 3 nitrogen and oxygen atoms in total. The van der Waals surface area contributed by atoms with Crippen LogP contribution in [0.3, 0.4) is 0 Å². The Morgan fingerprint density at radius 3 is 2.58 bits per heavy atom. The lowest BCUT2D eigenvalue weighted by Gasteiger charge is -2.11. The van der Waals surface area contributed by atoms with E-state index in [0.29, 0.717) is 6.61 Å². The smallest absolute Gasteiger partial charge is 0.162 e. The lowest BCUT2D eigenvalue weighted by molar-refractivity contribution is 0.297. The SMILES string of the molecule is CNCCCCCc1cc2c(cc1Cl)OCCCO2. The summed E-state index contributed by atoms with van der Waals surface area (Å²) in [6.07, 6.45) is 5.50. The van der Waals surface area contributed by atoms with Gasteiger partial charge in [-0.2, -0.15) is 0 Å². The Bertz CT molecular complexity index is 409. The van der Waals surface area contributed by atoms with Gasteiger partial charge in [-0.3, -0.25) is 0 Å². The molecule has 1 N–H and O–H groups in total. The highest BCUT2D eigenvalue weighted by Crippen LogP contribution is 2.35. The van der Waals surface area contributed by atoms with Gasteiger partial charge in [-0.25, -0.2) is 0 Å². The van der Waals surface area contributed by atoms with Gasteiger partial charge >= 0.3 is 0 Å². The Morgan fingerprint density at radius 1 is 1.11 bits per heavy atom. The van der Waals surface area contributed by atoms with Gasteiger partial charge in [0.2, 0.25) is 0 Å². The Hall–Kier alpha value is -0.930. The zero-order valence-electron chi connectivity index (χ0n) is 11.5. The number of halogens is 1. The molecule has 0 aliphatic carbocycles. The van der Waals surface area contributed by atoms with Gasteiger partial charge in [-0.15, -0.1) is 0 Å². The maximum Gasteiger partial charge on any atom is 0.162 e. The first-order valence-corrected chi connectivity index (χ1v) is 7.41. The highest BCUT2D eigenvalue weighted by molar-refractivity contribution is 6.31. The monoisotopic (exact) mass is 283 g/mol. The quantitative estimate of drug-likeness (QED) is 0.812. The first-order chi connectivity index (χ1) is 9.31. The summed E-state index contributed by atoms with van der Waals surface area (Å²) in [5.74, 6) is 1.62. The van der Waals surface area contributed by atoms with Crippen LogP contribution in [-0.4, -0.2) is 26.8 Å². The molecule has 19 heavy (non-hydrogen) atoms. The van der Waals surface area contributed by atoms with Gasteiger partial charge in [0.1, 0.15) is 0 Å². The second kappa shape index (κ2) is 7.61. The van der Waals surface area contributed by atoms with Crippen molar-refractivity contribution >= 4 is 11.6 Å². The minimum Gasteiger partial charge on any atom is -0.490 e. The van der Waals surface area contributed by atoms with E-state index >= 15 is 0 Å². The molecule has 1 aromatic rings. The van der Waals surface area contributed by atoms with E-state index in [0.717, 1.165) is 54.5 Å². The van der Waals surface area contributed by atoms with E-state index in [1.54, 1.807) is 0 Å². The molecular weight excluding hydrogens is 262 g/mol. The van der Waals surface area contributed by atoms with Gasteiger partial charge in [0, 0.05) is 17.5 Å². The number of fused-ring (bicyclic) bond motifs is 1. The first-order valence-electron chi connectivity index (χ1n) is 7.04. The summed E-state index contributed by atoms with van der Waals surface area (Å²) in [6.45, 7) is 2.50. The van der Waals surface area contributed by atoms with Crippen molar-refractivity contribution in [3.63, 3.8) is 0 Å². The molecule has 0 saturated heterocycles. The number of rotatable bonds is 6. The molecule has 1 aliphatic rings. The Morgan fingerprint density at radius 2 is 1.84 bits per heavy atom. The summed E-state index contributed by atoms with van der Waals surface area (Å²) in [5.41, 5.74) is 1.16. The van der Waals surface area contributed by atoms with E-state index in [1.165, 1.54) is 12.8 Å². The molecule has 0 bridgehead atoms. The second-order valence-corrected chi connectivity index (χ2v) is 5.26. The third kappa shape index (κ3) is 4.29. The number of hydrogen-bond acceptors (Lipinski definition) is 3. The molecule has 0 aromatic heterocycles. The van der Waals surface area contributed by atoms with Crippen LogP contribution in [0.25, 0.3) is 0 Å². The van der Waals surface area contributed by atoms with Crippen molar-refractivity contribution in [2.75, 3.05) is 26.8 Å². The molecule has 0 unspecified atom stereocenters. The van der Waals surface area contributed by atoms with Crippen molar-refractivity contribution in [3.05, 3.63) is 22.7 Å². The highest BCUT2D eigenvalue weighted by atomic mass is 35.5. The van der Waals surface area contributed by atoms with Crippen LogP contribution in [0.4, 0.5) is 0 Å². The number of unbranched alkanes of at least 4 members (excludes halogenated alkanes) is 2. The third-order valence-corrected chi connectivity index (χ3v) is 3.64. The number of hydrogen-bond donors (Lipinski definition) is 1. The highest BCUT2D eigenvalue weighted by Gasteiger charge is 2.13. The Kier molecular flexibility index (Phi) is 5.80. The largest absolute Gasteiger partial charge is 0.490 e. The molecule has 106 valence electrons. The van der Waals surface area contributed by atoms with Crippen molar-refractivity contribution in [1.82, 2.24) is 5.32 Å². The first kappa shape index (κ1) is 14.5. The van der Waals surface area contributed by atoms with Gasteiger partial charge in [0.25, 0.3) is 0 Å². The normalized spacial score (nSPS) is 14.2. The van der Waals surface area contributed by atoms with Crippen LogP contribution in [0.5, 0.6) is 11.5 Å². The Labute approximate surface area is 120 Å². The zero-order chi connectivity index (χ0) is 13.5. The van der Waals surface area contributed by atoms with Crippen LogP contribution in [0.2, 0.25) is 5.02 Å². The van der Waals surface area contributed by atoms with Crippen LogP contribution >= 0.6 is 11.6 Å². The topological polar surface area (TPSA) is 30.5 Å². The standard InChI is InChI=1S/C15H22ClNO2/c1-17-7-4-2-3-6-12-10-14-15(11-13(12)16)19-9-5-8-18-14/h10-11,17H,2-9H2,1H3. The van der Waals surface area contributed by atoms with Crippen molar-refractivity contribution in [2.45, 2.75) is 32.1 Å². The molecule has 1 aromatic carbocycles. The van der Waals surface area contributed by atoms with Gasteiger partial charge in [-0.1, -0.05) is 18.0 Å². The molecule has 1 heterocycles. The maximum atomic E-state index is 6.31. The fraction of sp³-hybridized carbons (Fsp3) is 0.600. The maximum absolute atomic E-state index is 6.31. The minimum absolute atomic E-state index is 0.701. The summed E-state index contributed by atoms with van der Waals surface area (Å²) in [7, 11) is 1.99. The molecule has 0 radical (unpaired) electrons. The van der Waals surface area contributed by atoms with Crippen molar-refractivity contribution in [3.8, 4) is 11.5 Å². The summed E-state index contributed by atoms with van der Waals surface area (Å²) < 4.78 is 11.3. The van der Waals surface area contributed by atoms with Crippen LogP contribution in [0, 0.1) is 0 Å². The summed E-state index contributed by atoms with van der Waals surface area (Å²) in [6, 6.07) is 3.94. The van der Waals surface area contributed by atoms with Gasteiger partial charge in [0.05, 0.1) is 13.2 Å². The molecule has 2 rings (SSSR count). The Balaban J connectivity index is 1.95. The summed E-state index contributed by atoms with van der Waals surface area (Å²) in [4.78, 5) is 0. The number of aryl methyl sites for hydroxylation is 1. The van der Waals surface area contributed by atoms with Crippen molar-refractivity contribution in [1.29, 1.82) is 0 Å². The zero-order valence-corrected chi connectivity index (χ0v) is 12.3. The fourth-order valence-corrected chi connectivity index (χ4v) is 2.46. The predicted octanol–water partition coefficient (Wildman–Crippen LogP) is 3.43. The third-order valence-electron chi connectivity index (χ3n) is 3.29. The van der Waals surface area contributed by atoms with E-state index in [9.17, 15) is 0 Å². The van der Waals surface area contributed by atoms with Crippen molar-refractivity contribution in [2.24, 2.45) is 0 Å². The van der Waals surface area contributed by atoms with Crippen LogP contribution < -0.4 is 14.8 Å². The molecule has 0 fully saturated rings. The molecule has 4 heteroatoms. The fourth-order valence-electron chi connectivity index (χ4n) is 2.21. The predicted molar refractivity (Wildman–Crippen MR) is 78.5 cm³/mol. The second-order valence-electron chi connectivity index (χ2n) is 4.86. The van der Waals surface area contributed by atoms with E-state index in [4.69, 9.17) is 21.1 Å². The van der Waals surface area contributed by atoms with Gasteiger partial charge in [-0.05, 0) is 44.5 Å². The summed E-state index contributed by atoms with van der Waals surface area (Å²) in [5, 5.41) is 3.95. The van der Waals surface area contributed by atoms with E-state index in [1.807, 2.05) is 19.2 Å². The van der Waals surface area contributed by atoms with Crippen LogP contribution in [0.15, 0.2) is 12.1 Å². The minimum atomic E-state index is 0.701. The van der Waals surface area contributed by atoms with Crippen LogP contribution in [0.1, 0.15) is 31.2 Å². The number of benzene rings is 1. The van der Waals surface area contributed by atoms with Crippen LogP contribution in [-0.2, 0) is 6.42 Å². The van der Waals surface area contributed by atoms with Gasteiger partial charge in [0.15, 0.2) is 11.5 Å². The van der Waals surface area contributed by atoms with E-state index < -0.39 is 0 Å². The summed E-state index contributed by atoms with van der Waals surface area (Å²) >= 11 is 6.31. The average molecular weight is 284 g/mol. The lowest BCUT2D eigenvalue weighted by Crippen LogP contribution is -2.07. The molecule has 0 atom stereocenters. The average Bonchev–Trinajstić information content (AvgIpc) is 2.63. The lowest BCUT2D eigenvalue weighted by atomic mass is 10.1. The molecule has 0 saturated carbocycles.